The predicted molar refractivity (Wildman–Crippen MR) is 61.2 cm³/mol. The molecule has 1 aliphatic heterocycles. The van der Waals surface area contributed by atoms with Crippen molar-refractivity contribution < 1.29 is 21.6 Å². The number of hydrogen-bond donors (Lipinski definition) is 1. The first-order valence-electron chi connectivity index (χ1n) is 5.25. The van der Waals surface area contributed by atoms with Crippen LogP contribution in [0.3, 0.4) is 0 Å². The SMILES string of the molecule is CC1(C)CNc2ccc(C(F)(F)F)cc2S1(=O)=O. The summed E-state index contributed by atoms with van der Waals surface area (Å²) in [5.41, 5.74) is -0.730. The minimum Gasteiger partial charge on any atom is -0.382 e. The lowest BCUT2D eigenvalue weighted by Gasteiger charge is -2.32. The third-order valence-electron chi connectivity index (χ3n) is 3.03. The van der Waals surface area contributed by atoms with Crippen molar-refractivity contribution in [1.29, 1.82) is 0 Å². The van der Waals surface area contributed by atoms with Crippen LogP contribution in [0.5, 0.6) is 0 Å². The summed E-state index contributed by atoms with van der Waals surface area (Å²) in [6.45, 7) is 3.14. The number of fused-ring (bicyclic) bond motifs is 1. The number of rotatable bonds is 0. The number of nitrogens with one attached hydrogen (secondary N) is 1. The third-order valence-corrected chi connectivity index (χ3v) is 5.55. The van der Waals surface area contributed by atoms with Crippen molar-refractivity contribution >= 4 is 15.5 Å². The summed E-state index contributed by atoms with van der Waals surface area (Å²) in [5, 5.41) is 2.84. The van der Waals surface area contributed by atoms with Gasteiger partial charge in [-0.05, 0) is 32.0 Å². The van der Waals surface area contributed by atoms with E-state index < -0.39 is 26.3 Å². The highest BCUT2D eigenvalue weighted by Gasteiger charge is 2.42. The van der Waals surface area contributed by atoms with Crippen LogP contribution in [0.15, 0.2) is 23.1 Å². The molecule has 100 valence electrons. The predicted octanol–water partition coefficient (Wildman–Crippen LogP) is 2.68. The zero-order valence-corrected chi connectivity index (χ0v) is 10.6. The standard InChI is InChI=1S/C11H12F3NO2S/c1-10(2)6-15-8-4-3-7(11(12,13)14)5-9(8)18(10,16)17/h3-5,15H,6H2,1-2H3. The molecule has 0 atom stereocenters. The molecule has 1 heterocycles. The van der Waals surface area contributed by atoms with E-state index in [1.54, 1.807) is 0 Å². The fourth-order valence-electron chi connectivity index (χ4n) is 1.77. The van der Waals surface area contributed by atoms with E-state index in [2.05, 4.69) is 5.32 Å². The maximum atomic E-state index is 12.6. The highest BCUT2D eigenvalue weighted by Crippen LogP contribution is 2.39. The lowest BCUT2D eigenvalue weighted by molar-refractivity contribution is -0.137. The van der Waals surface area contributed by atoms with E-state index in [0.717, 1.165) is 12.1 Å². The smallest absolute Gasteiger partial charge is 0.382 e. The monoisotopic (exact) mass is 279 g/mol. The summed E-state index contributed by atoms with van der Waals surface area (Å²) in [7, 11) is -3.77. The van der Waals surface area contributed by atoms with Gasteiger partial charge in [-0.2, -0.15) is 13.2 Å². The number of halogens is 3. The van der Waals surface area contributed by atoms with Gasteiger partial charge in [-0.25, -0.2) is 8.42 Å². The van der Waals surface area contributed by atoms with Gasteiger partial charge in [-0.3, -0.25) is 0 Å². The lowest BCUT2D eigenvalue weighted by atomic mass is 10.1. The number of sulfone groups is 1. The van der Waals surface area contributed by atoms with Gasteiger partial charge in [-0.15, -0.1) is 0 Å². The van der Waals surface area contributed by atoms with Gasteiger partial charge >= 0.3 is 6.18 Å². The number of hydrogen-bond acceptors (Lipinski definition) is 3. The largest absolute Gasteiger partial charge is 0.416 e. The molecule has 1 aromatic carbocycles. The van der Waals surface area contributed by atoms with Crippen LogP contribution in [0.25, 0.3) is 0 Å². The Hall–Kier alpha value is -1.24. The van der Waals surface area contributed by atoms with E-state index in [0.29, 0.717) is 6.07 Å². The maximum Gasteiger partial charge on any atom is 0.416 e. The number of alkyl halides is 3. The molecule has 1 aliphatic rings. The summed E-state index contributed by atoms with van der Waals surface area (Å²) < 4.78 is 61.0. The van der Waals surface area contributed by atoms with Gasteiger partial charge in [0.1, 0.15) is 0 Å². The zero-order chi connectivity index (χ0) is 13.8. The molecule has 7 heteroatoms. The second kappa shape index (κ2) is 3.63. The second-order valence-corrected chi connectivity index (χ2v) is 7.38. The molecule has 0 aromatic heterocycles. The van der Waals surface area contributed by atoms with Gasteiger partial charge in [0.15, 0.2) is 9.84 Å². The Kier molecular flexibility index (Phi) is 2.66. The molecule has 0 saturated heterocycles. The van der Waals surface area contributed by atoms with Crippen LogP contribution < -0.4 is 5.32 Å². The second-order valence-electron chi connectivity index (χ2n) is 4.83. The fraction of sp³-hybridized carbons (Fsp3) is 0.455. The summed E-state index contributed by atoms with van der Waals surface area (Å²) in [6, 6.07) is 2.73. The van der Waals surface area contributed by atoms with Gasteiger partial charge in [0.25, 0.3) is 0 Å². The number of anilines is 1. The molecule has 1 aromatic rings. The summed E-state index contributed by atoms with van der Waals surface area (Å²) in [6.07, 6.45) is -4.55. The van der Waals surface area contributed by atoms with Crippen LogP contribution in [0, 0.1) is 0 Å². The first kappa shape index (κ1) is 13.2. The molecule has 0 saturated carbocycles. The molecule has 3 nitrogen and oxygen atoms in total. The Morgan fingerprint density at radius 2 is 1.89 bits per heavy atom. The molecule has 0 fully saturated rings. The molecule has 0 spiro atoms. The van der Waals surface area contributed by atoms with E-state index in [-0.39, 0.29) is 17.1 Å². The maximum absolute atomic E-state index is 12.6. The van der Waals surface area contributed by atoms with Crippen molar-refractivity contribution in [3.63, 3.8) is 0 Å². The van der Waals surface area contributed by atoms with Gasteiger partial charge in [-0.1, -0.05) is 0 Å². The van der Waals surface area contributed by atoms with Crippen molar-refractivity contribution in [2.45, 2.75) is 29.7 Å². The van der Waals surface area contributed by atoms with Crippen LogP contribution in [0.2, 0.25) is 0 Å². The zero-order valence-electron chi connectivity index (χ0n) is 9.80. The van der Waals surface area contributed by atoms with Gasteiger partial charge in [0, 0.05) is 6.54 Å². The Bertz CT molecular complexity index is 591. The van der Waals surface area contributed by atoms with E-state index in [1.165, 1.54) is 13.8 Å². The molecular formula is C11H12F3NO2S. The van der Waals surface area contributed by atoms with E-state index in [1.807, 2.05) is 0 Å². The van der Waals surface area contributed by atoms with E-state index >= 15 is 0 Å². The average molecular weight is 279 g/mol. The quantitative estimate of drug-likeness (QED) is 0.794. The molecule has 0 unspecified atom stereocenters. The van der Waals surface area contributed by atoms with Gasteiger partial charge < -0.3 is 5.32 Å². The minimum absolute atomic E-state index is 0.174. The summed E-state index contributed by atoms with van der Waals surface area (Å²) in [5.74, 6) is 0. The Labute approximate surface area is 103 Å². The fourth-order valence-corrected chi connectivity index (χ4v) is 3.34. The minimum atomic E-state index is -4.55. The lowest BCUT2D eigenvalue weighted by Crippen LogP contribution is -2.43. The van der Waals surface area contributed by atoms with E-state index in [9.17, 15) is 21.6 Å². The first-order valence-corrected chi connectivity index (χ1v) is 6.74. The van der Waals surface area contributed by atoms with Crippen LogP contribution in [-0.2, 0) is 16.0 Å². The normalized spacial score (nSPS) is 20.9. The van der Waals surface area contributed by atoms with Crippen LogP contribution >= 0.6 is 0 Å². The Balaban J connectivity index is 2.67. The summed E-state index contributed by atoms with van der Waals surface area (Å²) >= 11 is 0. The average Bonchev–Trinajstić information content (AvgIpc) is 2.23. The van der Waals surface area contributed by atoms with Crippen molar-refractivity contribution in [3.05, 3.63) is 23.8 Å². The summed E-state index contributed by atoms with van der Waals surface area (Å²) in [4.78, 5) is -0.284. The molecule has 18 heavy (non-hydrogen) atoms. The number of benzene rings is 1. The molecule has 0 radical (unpaired) electrons. The molecule has 0 aliphatic carbocycles. The van der Waals surface area contributed by atoms with Crippen molar-refractivity contribution in [2.75, 3.05) is 11.9 Å². The third kappa shape index (κ3) is 1.86. The van der Waals surface area contributed by atoms with Crippen LogP contribution in [0.4, 0.5) is 18.9 Å². The first-order chi connectivity index (χ1) is 8.06. The van der Waals surface area contributed by atoms with Gasteiger partial charge in [0.05, 0.1) is 20.9 Å². The Morgan fingerprint density at radius 3 is 2.44 bits per heavy atom. The van der Waals surface area contributed by atoms with Crippen LogP contribution in [0.1, 0.15) is 19.4 Å². The van der Waals surface area contributed by atoms with Crippen molar-refractivity contribution in [1.82, 2.24) is 0 Å². The van der Waals surface area contributed by atoms with E-state index in [4.69, 9.17) is 0 Å². The topological polar surface area (TPSA) is 46.2 Å². The molecular weight excluding hydrogens is 267 g/mol. The molecule has 2 rings (SSSR count). The van der Waals surface area contributed by atoms with Crippen LogP contribution in [-0.4, -0.2) is 19.7 Å². The highest BCUT2D eigenvalue weighted by atomic mass is 32.2. The Morgan fingerprint density at radius 1 is 1.28 bits per heavy atom. The molecule has 0 amide bonds. The van der Waals surface area contributed by atoms with Crippen molar-refractivity contribution in [3.8, 4) is 0 Å². The molecule has 0 bridgehead atoms. The molecule has 1 N–H and O–H groups in total. The van der Waals surface area contributed by atoms with Crippen molar-refractivity contribution in [2.24, 2.45) is 0 Å². The van der Waals surface area contributed by atoms with Gasteiger partial charge in [0.2, 0.25) is 0 Å². The highest BCUT2D eigenvalue weighted by molar-refractivity contribution is 7.93.